The number of carbonyl (C=O) groups excluding carboxylic acids is 1. The van der Waals surface area contributed by atoms with Crippen LogP contribution < -0.4 is 0 Å². The Balaban J connectivity index is 2.01. The van der Waals surface area contributed by atoms with Gasteiger partial charge in [0.05, 0.1) is 6.42 Å². The largest absolute Gasteiger partial charge is 0.481 e. The lowest BCUT2D eigenvalue weighted by Gasteiger charge is -2.34. The first kappa shape index (κ1) is 14.4. The molecule has 0 bridgehead atoms. The van der Waals surface area contributed by atoms with Crippen molar-refractivity contribution in [2.24, 2.45) is 17.3 Å². The molecule has 0 amide bonds. The van der Waals surface area contributed by atoms with Gasteiger partial charge in [0.25, 0.3) is 0 Å². The van der Waals surface area contributed by atoms with Crippen LogP contribution in [0.4, 0.5) is 0 Å². The van der Waals surface area contributed by atoms with Crippen LogP contribution in [-0.4, -0.2) is 23.1 Å². The molecule has 0 saturated heterocycles. The Morgan fingerprint density at radius 1 is 1.37 bits per heavy atom. The number of hydrogen-bond donors (Lipinski definition) is 1. The molecule has 0 spiro atoms. The third-order valence-electron chi connectivity index (χ3n) is 4.86. The van der Waals surface area contributed by atoms with Gasteiger partial charge in [-0.15, -0.1) is 0 Å². The lowest BCUT2D eigenvalue weighted by molar-refractivity contribution is -0.155. The molecule has 4 nitrogen and oxygen atoms in total. The molecular weight excluding hydrogens is 244 g/mol. The lowest BCUT2D eigenvalue weighted by atomic mass is 9.76. The van der Waals surface area contributed by atoms with E-state index in [4.69, 9.17) is 9.84 Å². The van der Waals surface area contributed by atoms with Crippen LogP contribution in [0.15, 0.2) is 0 Å². The van der Waals surface area contributed by atoms with Gasteiger partial charge < -0.3 is 9.84 Å². The van der Waals surface area contributed by atoms with E-state index in [-0.39, 0.29) is 24.4 Å². The SMILES string of the molecule is CCCC[C@@]12C[C@@H]1C[C@@H](CC(=O)O)[C@@H](OC(C)=O)C2. The summed E-state index contributed by atoms with van der Waals surface area (Å²) in [7, 11) is 0. The molecule has 0 heterocycles. The summed E-state index contributed by atoms with van der Waals surface area (Å²) in [4.78, 5) is 22.1. The predicted molar refractivity (Wildman–Crippen MR) is 70.6 cm³/mol. The second-order valence-corrected chi connectivity index (χ2v) is 6.31. The quantitative estimate of drug-likeness (QED) is 0.752. The van der Waals surface area contributed by atoms with Crippen molar-refractivity contribution in [3.63, 3.8) is 0 Å². The number of carboxylic acid groups (broad SMARTS) is 1. The summed E-state index contributed by atoms with van der Waals surface area (Å²) in [5, 5.41) is 8.98. The molecule has 0 aliphatic heterocycles. The number of ether oxygens (including phenoxy) is 1. The summed E-state index contributed by atoms with van der Waals surface area (Å²) in [6, 6.07) is 0. The number of unbranched alkanes of at least 4 members (excludes halogenated alkanes) is 1. The van der Waals surface area contributed by atoms with E-state index < -0.39 is 5.97 Å². The van der Waals surface area contributed by atoms with Crippen molar-refractivity contribution in [1.82, 2.24) is 0 Å². The number of esters is 1. The first-order chi connectivity index (χ1) is 8.97. The first-order valence-corrected chi connectivity index (χ1v) is 7.36. The smallest absolute Gasteiger partial charge is 0.303 e. The number of carboxylic acids is 1. The Morgan fingerprint density at radius 2 is 2.11 bits per heavy atom. The molecule has 2 fully saturated rings. The molecule has 0 aromatic rings. The molecule has 0 unspecified atom stereocenters. The van der Waals surface area contributed by atoms with Gasteiger partial charge in [0, 0.05) is 12.8 Å². The van der Waals surface area contributed by atoms with Crippen LogP contribution in [-0.2, 0) is 14.3 Å². The summed E-state index contributed by atoms with van der Waals surface area (Å²) in [6.07, 6.45) is 6.51. The predicted octanol–water partition coefficient (Wildman–Crippen LogP) is 3.00. The number of aliphatic carboxylic acids is 1. The third-order valence-corrected chi connectivity index (χ3v) is 4.86. The Bertz CT molecular complexity index is 365. The van der Waals surface area contributed by atoms with E-state index in [1.54, 1.807) is 0 Å². The van der Waals surface area contributed by atoms with Gasteiger partial charge in [0.15, 0.2) is 0 Å². The summed E-state index contributed by atoms with van der Waals surface area (Å²) in [5.74, 6) is -0.409. The van der Waals surface area contributed by atoms with Crippen LogP contribution in [0.5, 0.6) is 0 Å². The highest BCUT2D eigenvalue weighted by molar-refractivity contribution is 5.68. The molecule has 4 heteroatoms. The summed E-state index contributed by atoms with van der Waals surface area (Å²) in [6.45, 7) is 3.60. The van der Waals surface area contributed by atoms with Crippen molar-refractivity contribution >= 4 is 11.9 Å². The summed E-state index contributed by atoms with van der Waals surface area (Å²) >= 11 is 0. The van der Waals surface area contributed by atoms with Crippen LogP contribution in [0.2, 0.25) is 0 Å². The fraction of sp³-hybridized carbons (Fsp3) is 0.867. The van der Waals surface area contributed by atoms with Gasteiger partial charge in [-0.05, 0) is 37.0 Å². The molecule has 2 aliphatic rings. The minimum Gasteiger partial charge on any atom is -0.481 e. The highest BCUT2D eigenvalue weighted by atomic mass is 16.5. The van der Waals surface area contributed by atoms with Gasteiger partial charge in [-0.1, -0.05) is 19.8 Å². The minimum absolute atomic E-state index is 0.00338. The molecule has 19 heavy (non-hydrogen) atoms. The Labute approximate surface area is 114 Å². The zero-order chi connectivity index (χ0) is 14.0. The number of hydrogen-bond acceptors (Lipinski definition) is 3. The van der Waals surface area contributed by atoms with Crippen molar-refractivity contribution in [2.45, 2.75) is 64.9 Å². The van der Waals surface area contributed by atoms with Gasteiger partial charge in [0.2, 0.25) is 0 Å². The van der Waals surface area contributed by atoms with E-state index in [1.807, 2.05) is 0 Å². The van der Waals surface area contributed by atoms with Gasteiger partial charge in [0.1, 0.15) is 6.10 Å². The second-order valence-electron chi connectivity index (χ2n) is 6.31. The number of fused-ring (bicyclic) bond motifs is 1. The number of rotatable bonds is 6. The van der Waals surface area contributed by atoms with Crippen molar-refractivity contribution in [3.05, 3.63) is 0 Å². The normalized spacial score (nSPS) is 36.4. The maximum atomic E-state index is 11.2. The molecule has 2 rings (SSSR count). The van der Waals surface area contributed by atoms with Crippen LogP contribution >= 0.6 is 0 Å². The van der Waals surface area contributed by atoms with E-state index in [2.05, 4.69) is 6.92 Å². The molecule has 2 saturated carbocycles. The van der Waals surface area contributed by atoms with E-state index in [0.29, 0.717) is 11.3 Å². The van der Waals surface area contributed by atoms with E-state index in [1.165, 1.54) is 32.6 Å². The summed E-state index contributed by atoms with van der Waals surface area (Å²) in [5.41, 5.74) is 0.352. The van der Waals surface area contributed by atoms with E-state index in [0.717, 1.165) is 12.8 Å². The monoisotopic (exact) mass is 268 g/mol. The zero-order valence-corrected chi connectivity index (χ0v) is 11.9. The van der Waals surface area contributed by atoms with Crippen LogP contribution in [0.25, 0.3) is 0 Å². The van der Waals surface area contributed by atoms with Crippen molar-refractivity contribution in [3.8, 4) is 0 Å². The third kappa shape index (κ3) is 3.28. The molecule has 0 aromatic carbocycles. The topological polar surface area (TPSA) is 63.6 Å². The fourth-order valence-corrected chi connectivity index (χ4v) is 3.83. The van der Waals surface area contributed by atoms with Crippen molar-refractivity contribution in [1.29, 1.82) is 0 Å². The molecular formula is C15H24O4. The van der Waals surface area contributed by atoms with Gasteiger partial charge in [-0.3, -0.25) is 9.59 Å². The molecule has 0 radical (unpaired) electrons. The van der Waals surface area contributed by atoms with Gasteiger partial charge >= 0.3 is 11.9 Å². The average Bonchev–Trinajstić information content (AvgIpc) is 2.98. The lowest BCUT2D eigenvalue weighted by Crippen LogP contribution is -2.35. The molecule has 4 atom stereocenters. The zero-order valence-electron chi connectivity index (χ0n) is 11.9. The maximum Gasteiger partial charge on any atom is 0.303 e. The standard InChI is InChI=1S/C15H24O4/c1-3-4-5-15-8-12(15)6-11(7-14(17)18)13(9-15)19-10(2)16/h11-13H,3-9H2,1-2H3,(H,17,18)/t11-,12-,13-,15-/m0/s1. The minimum atomic E-state index is -0.788. The maximum absolute atomic E-state index is 11.2. The van der Waals surface area contributed by atoms with E-state index in [9.17, 15) is 9.59 Å². The first-order valence-electron chi connectivity index (χ1n) is 7.36. The Morgan fingerprint density at radius 3 is 2.68 bits per heavy atom. The molecule has 108 valence electrons. The van der Waals surface area contributed by atoms with E-state index >= 15 is 0 Å². The highest BCUT2D eigenvalue weighted by Crippen LogP contribution is 2.65. The van der Waals surface area contributed by atoms with Gasteiger partial charge in [-0.25, -0.2) is 0 Å². The van der Waals surface area contributed by atoms with Crippen LogP contribution in [0.1, 0.15) is 58.8 Å². The van der Waals surface area contributed by atoms with Crippen LogP contribution in [0, 0.1) is 17.3 Å². The number of carbonyl (C=O) groups is 2. The highest BCUT2D eigenvalue weighted by Gasteiger charge is 2.59. The second kappa shape index (κ2) is 5.51. The average molecular weight is 268 g/mol. The Hall–Kier alpha value is -1.06. The van der Waals surface area contributed by atoms with Crippen LogP contribution in [0.3, 0.4) is 0 Å². The summed E-state index contributed by atoms with van der Waals surface area (Å²) < 4.78 is 5.40. The Kier molecular flexibility index (Phi) is 4.16. The fourth-order valence-electron chi connectivity index (χ4n) is 3.83. The molecule has 2 aliphatic carbocycles. The molecule has 0 aromatic heterocycles. The van der Waals surface area contributed by atoms with Crippen molar-refractivity contribution in [2.75, 3.05) is 0 Å². The molecule has 1 N–H and O–H groups in total. The van der Waals surface area contributed by atoms with Crippen molar-refractivity contribution < 1.29 is 19.4 Å². The van der Waals surface area contributed by atoms with Gasteiger partial charge in [-0.2, -0.15) is 0 Å².